The molecule has 8 heteroatoms. The second kappa shape index (κ2) is 8.72. The molecular formula is C21H27N7O. The molecule has 3 aromatic rings. The molecular weight excluding hydrogens is 366 g/mol. The number of hydrogen-bond donors (Lipinski definition) is 3. The van der Waals surface area contributed by atoms with Gasteiger partial charge in [-0.1, -0.05) is 17.7 Å². The molecule has 0 spiro atoms. The molecule has 0 unspecified atom stereocenters. The molecule has 0 radical (unpaired) electrons. The van der Waals surface area contributed by atoms with E-state index in [0.717, 1.165) is 28.2 Å². The van der Waals surface area contributed by atoms with Crippen LogP contribution >= 0.6 is 0 Å². The Hall–Kier alpha value is -3.42. The van der Waals surface area contributed by atoms with Crippen LogP contribution in [-0.4, -0.2) is 38.9 Å². The Morgan fingerprint density at radius 3 is 2.48 bits per heavy atom. The summed E-state index contributed by atoms with van der Waals surface area (Å²) in [6, 6.07) is 9.54. The molecule has 0 bridgehead atoms. The highest BCUT2D eigenvalue weighted by atomic mass is 16.2. The van der Waals surface area contributed by atoms with Gasteiger partial charge < -0.3 is 16.0 Å². The van der Waals surface area contributed by atoms with E-state index in [4.69, 9.17) is 0 Å². The second-order valence-electron chi connectivity index (χ2n) is 7.12. The van der Waals surface area contributed by atoms with E-state index in [9.17, 15) is 4.79 Å². The first-order chi connectivity index (χ1) is 13.8. The zero-order valence-electron chi connectivity index (χ0n) is 17.5. The number of amides is 2. The first kappa shape index (κ1) is 20.3. The van der Waals surface area contributed by atoms with Gasteiger partial charge in [0.1, 0.15) is 11.6 Å². The summed E-state index contributed by atoms with van der Waals surface area (Å²) in [6.07, 6.45) is 0. The number of aromatic nitrogens is 4. The molecule has 0 aliphatic rings. The monoisotopic (exact) mass is 393 g/mol. The van der Waals surface area contributed by atoms with Crippen molar-refractivity contribution in [1.82, 2.24) is 25.1 Å². The predicted molar refractivity (Wildman–Crippen MR) is 115 cm³/mol. The largest absolute Gasteiger partial charge is 0.368 e. The number of carbonyl (C=O) groups is 1. The Kier molecular flexibility index (Phi) is 6.11. The molecule has 2 heterocycles. The van der Waals surface area contributed by atoms with Crippen LogP contribution in [0.5, 0.6) is 0 Å². The number of urea groups is 1. The molecule has 2 aromatic heterocycles. The average Bonchev–Trinajstić information content (AvgIpc) is 2.99. The molecule has 3 N–H and O–H groups in total. The van der Waals surface area contributed by atoms with Gasteiger partial charge >= 0.3 is 6.03 Å². The van der Waals surface area contributed by atoms with E-state index in [0.29, 0.717) is 30.5 Å². The van der Waals surface area contributed by atoms with Gasteiger partial charge in [0.2, 0.25) is 0 Å². The van der Waals surface area contributed by atoms with E-state index in [1.807, 2.05) is 65.0 Å². The quantitative estimate of drug-likeness (QED) is 0.558. The van der Waals surface area contributed by atoms with Crippen LogP contribution in [0, 0.1) is 34.6 Å². The van der Waals surface area contributed by atoms with Crippen LogP contribution in [0.25, 0.3) is 5.82 Å². The summed E-state index contributed by atoms with van der Waals surface area (Å²) in [7, 11) is 0. The lowest BCUT2D eigenvalue weighted by atomic mass is 10.1. The van der Waals surface area contributed by atoms with Crippen molar-refractivity contribution in [2.45, 2.75) is 34.6 Å². The second-order valence-corrected chi connectivity index (χ2v) is 7.12. The third-order valence-electron chi connectivity index (χ3n) is 4.40. The van der Waals surface area contributed by atoms with Gasteiger partial charge in [-0.05, 0) is 52.3 Å². The normalized spacial score (nSPS) is 10.7. The topological polar surface area (TPSA) is 96.8 Å². The number of benzene rings is 1. The van der Waals surface area contributed by atoms with Crippen LogP contribution in [0.1, 0.15) is 28.3 Å². The van der Waals surface area contributed by atoms with Gasteiger partial charge in [0.05, 0.1) is 5.69 Å². The van der Waals surface area contributed by atoms with Gasteiger partial charge in [-0.2, -0.15) is 5.10 Å². The minimum Gasteiger partial charge on any atom is -0.368 e. The summed E-state index contributed by atoms with van der Waals surface area (Å²) >= 11 is 0. The fourth-order valence-electron chi connectivity index (χ4n) is 3.10. The van der Waals surface area contributed by atoms with Gasteiger partial charge in [-0.25, -0.2) is 19.4 Å². The summed E-state index contributed by atoms with van der Waals surface area (Å²) in [6.45, 7) is 10.8. The Bertz CT molecular complexity index is 1030. The van der Waals surface area contributed by atoms with Crippen LogP contribution in [0.3, 0.4) is 0 Å². The molecule has 2 amide bonds. The Balaban J connectivity index is 1.54. The Labute approximate surface area is 170 Å². The van der Waals surface area contributed by atoms with E-state index in [1.165, 1.54) is 0 Å². The lowest BCUT2D eigenvalue weighted by Crippen LogP contribution is -2.33. The fraction of sp³-hybridized carbons (Fsp3) is 0.333. The van der Waals surface area contributed by atoms with Crippen molar-refractivity contribution in [3.05, 3.63) is 58.7 Å². The van der Waals surface area contributed by atoms with Crippen molar-refractivity contribution in [2.75, 3.05) is 23.7 Å². The number of nitrogens with zero attached hydrogens (tertiary/aromatic N) is 4. The number of nitrogens with one attached hydrogen (secondary N) is 3. The SMILES string of the molecule is Cc1ccc(NC(=O)NCCNc2cc(-n3nc(C)cc3C)nc(C)n2)c(C)c1. The fourth-order valence-corrected chi connectivity index (χ4v) is 3.10. The highest BCUT2D eigenvalue weighted by Gasteiger charge is 2.09. The lowest BCUT2D eigenvalue weighted by Gasteiger charge is -2.12. The summed E-state index contributed by atoms with van der Waals surface area (Å²) in [4.78, 5) is 21.0. The maximum absolute atomic E-state index is 12.1. The van der Waals surface area contributed by atoms with Crippen molar-refractivity contribution in [2.24, 2.45) is 0 Å². The molecule has 0 aliphatic carbocycles. The van der Waals surface area contributed by atoms with Gasteiger partial charge in [-0.15, -0.1) is 0 Å². The van der Waals surface area contributed by atoms with E-state index >= 15 is 0 Å². The molecule has 1 aromatic carbocycles. The van der Waals surface area contributed by atoms with Crippen LogP contribution in [0.4, 0.5) is 16.3 Å². The summed E-state index contributed by atoms with van der Waals surface area (Å²) < 4.78 is 1.80. The van der Waals surface area contributed by atoms with Gasteiger partial charge in [0.25, 0.3) is 0 Å². The lowest BCUT2D eigenvalue weighted by molar-refractivity contribution is 0.252. The van der Waals surface area contributed by atoms with E-state index in [1.54, 1.807) is 4.68 Å². The highest BCUT2D eigenvalue weighted by molar-refractivity contribution is 5.90. The van der Waals surface area contributed by atoms with Crippen molar-refractivity contribution in [1.29, 1.82) is 0 Å². The standard InChI is InChI=1S/C21H27N7O/c1-13-6-7-18(14(2)10-13)26-21(29)23-9-8-22-19-12-20(25-17(5)24-19)28-16(4)11-15(3)27-28/h6-7,10-12H,8-9H2,1-5H3,(H,22,24,25)(H2,23,26,29). The number of carbonyl (C=O) groups excluding carboxylic acids is 1. The number of anilines is 2. The minimum absolute atomic E-state index is 0.235. The van der Waals surface area contributed by atoms with Gasteiger partial charge in [0.15, 0.2) is 5.82 Å². The molecule has 152 valence electrons. The maximum Gasteiger partial charge on any atom is 0.319 e. The number of hydrogen-bond acceptors (Lipinski definition) is 5. The zero-order valence-corrected chi connectivity index (χ0v) is 17.5. The molecule has 0 fully saturated rings. The molecule has 3 rings (SSSR count). The molecule has 29 heavy (non-hydrogen) atoms. The van der Waals surface area contributed by atoms with Crippen LogP contribution in [0.2, 0.25) is 0 Å². The third-order valence-corrected chi connectivity index (χ3v) is 4.40. The predicted octanol–water partition coefficient (Wildman–Crippen LogP) is 3.44. The Morgan fingerprint density at radius 2 is 1.79 bits per heavy atom. The molecule has 0 saturated heterocycles. The van der Waals surface area contributed by atoms with Gasteiger partial charge in [-0.3, -0.25) is 0 Å². The van der Waals surface area contributed by atoms with Crippen molar-refractivity contribution in [3.8, 4) is 5.82 Å². The van der Waals surface area contributed by atoms with Crippen LogP contribution in [-0.2, 0) is 0 Å². The highest BCUT2D eigenvalue weighted by Crippen LogP contribution is 2.16. The van der Waals surface area contributed by atoms with E-state index in [-0.39, 0.29) is 6.03 Å². The molecule has 8 nitrogen and oxygen atoms in total. The summed E-state index contributed by atoms with van der Waals surface area (Å²) in [5, 5.41) is 13.4. The summed E-state index contributed by atoms with van der Waals surface area (Å²) in [5.41, 5.74) is 4.95. The van der Waals surface area contributed by atoms with Crippen molar-refractivity contribution < 1.29 is 4.79 Å². The first-order valence-corrected chi connectivity index (χ1v) is 9.57. The van der Waals surface area contributed by atoms with Crippen LogP contribution in [0.15, 0.2) is 30.3 Å². The summed E-state index contributed by atoms with van der Waals surface area (Å²) in [5.74, 6) is 2.06. The first-order valence-electron chi connectivity index (χ1n) is 9.57. The zero-order chi connectivity index (χ0) is 21.0. The Morgan fingerprint density at radius 1 is 1.00 bits per heavy atom. The van der Waals surface area contributed by atoms with E-state index in [2.05, 4.69) is 31.0 Å². The molecule has 0 aliphatic heterocycles. The maximum atomic E-state index is 12.1. The van der Waals surface area contributed by atoms with Gasteiger partial charge in [0, 0.05) is 30.5 Å². The third kappa shape index (κ3) is 5.31. The number of rotatable bonds is 6. The molecule has 0 saturated carbocycles. The molecule has 0 atom stereocenters. The van der Waals surface area contributed by atoms with Crippen LogP contribution < -0.4 is 16.0 Å². The van der Waals surface area contributed by atoms with E-state index < -0.39 is 0 Å². The number of aryl methyl sites for hydroxylation is 5. The average molecular weight is 393 g/mol. The minimum atomic E-state index is -0.235. The van der Waals surface area contributed by atoms with Crippen molar-refractivity contribution >= 4 is 17.5 Å². The smallest absolute Gasteiger partial charge is 0.319 e. The van der Waals surface area contributed by atoms with Crippen molar-refractivity contribution in [3.63, 3.8) is 0 Å².